The molecule has 6 heteroatoms. The number of halogens is 1. The first-order valence-electron chi connectivity index (χ1n) is 7.10. The molecule has 2 N–H and O–H groups in total. The lowest BCUT2D eigenvalue weighted by Crippen LogP contribution is -2.43. The molecule has 0 aliphatic carbocycles. The van der Waals surface area contributed by atoms with Crippen molar-refractivity contribution in [3.05, 3.63) is 52.8 Å². The van der Waals surface area contributed by atoms with Gasteiger partial charge in [0.15, 0.2) is 5.11 Å². The first-order valence-corrected chi connectivity index (χ1v) is 8.58. The third-order valence-corrected chi connectivity index (χ3v) is 4.18. The van der Waals surface area contributed by atoms with Gasteiger partial charge in [-0.15, -0.1) is 0 Å². The van der Waals surface area contributed by atoms with E-state index in [-0.39, 0.29) is 6.04 Å². The molecule has 2 rings (SSSR count). The maximum atomic E-state index is 5.54. The molecule has 0 fully saturated rings. The van der Waals surface area contributed by atoms with Crippen LogP contribution in [0.3, 0.4) is 0 Å². The molecule has 4 nitrogen and oxygen atoms in total. The number of nitrogens with one attached hydrogen (secondary N) is 2. The molecule has 1 atom stereocenters. The van der Waals surface area contributed by atoms with Crippen LogP contribution in [0.4, 0.5) is 5.69 Å². The molecule has 0 bridgehead atoms. The van der Waals surface area contributed by atoms with E-state index >= 15 is 0 Å². The minimum absolute atomic E-state index is 0.260. The van der Waals surface area contributed by atoms with Crippen LogP contribution in [-0.4, -0.2) is 28.6 Å². The van der Waals surface area contributed by atoms with Gasteiger partial charge in [0.1, 0.15) is 0 Å². The third kappa shape index (κ3) is 4.54. The Bertz CT molecular complexity index is 612. The molecule has 0 saturated heterocycles. The van der Waals surface area contributed by atoms with Crippen LogP contribution in [0.15, 0.2) is 54.2 Å². The Labute approximate surface area is 150 Å². The summed E-state index contributed by atoms with van der Waals surface area (Å²) in [6.07, 6.45) is 6.34. The maximum Gasteiger partial charge on any atom is 0.204 e. The number of rotatable bonds is 4. The molecule has 1 aliphatic heterocycles. The van der Waals surface area contributed by atoms with Crippen molar-refractivity contribution in [2.45, 2.75) is 19.4 Å². The molecule has 0 amide bonds. The van der Waals surface area contributed by atoms with Gasteiger partial charge in [0.05, 0.1) is 12.6 Å². The van der Waals surface area contributed by atoms with Crippen molar-refractivity contribution in [1.29, 1.82) is 0 Å². The molecule has 1 aromatic rings. The van der Waals surface area contributed by atoms with Crippen molar-refractivity contribution < 1.29 is 0 Å². The monoisotopic (exact) mass is 426 g/mol. The summed E-state index contributed by atoms with van der Waals surface area (Å²) < 4.78 is 1.17. The van der Waals surface area contributed by atoms with E-state index in [1.807, 2.05) is 35.4 Å². The zero-order valence-electron chi connectivity index (χ0n) is 12.4. The molecule has 1 heterocycles. The standard InChI is InChI=1S/C16H19IN4S/c1-3-5-9-18-15-19-13(4-2)11-21(15)16(22)20-14-8-6-7-12(17)10-14/h3,5-10,13H,1,4,11H2,2H3,(H,18,19)(H,20,22). The fraction of sp³-hybridized carbons (Fsp3) is 0.250. The molecular weight excluding hydrogens is 407 g/mol. The summed E-state index contributed by atoms with van der Waals surface area (Å²) in [7, 11) is 0. The van der Waals surface area contributed by atoms with E-state index in [1.54, 1.807) is 6.08 Å². The summed E-state index contributed by atoms with van der Waals surface area (Å²) in [6.45, 7) is 6.57. The molecule has 22 heavy (non-hydrogen) atoms. The molecule has 1 aliphatic rings. The van der Waals surface area contributed by atoms with Crippen LogP contribution in [0.2, 0.25) is 0 Å². The number of guanidine groups is 1. The summed E-state index contributed by atoms with van der Waals surface area (Å²) >= 11 is 7.83. The highest BCUT2D eigenvalue weighted by atomic mass is 127. The SMILES string of the molecule is C=CC=CNC1=NC(CC)CN1C(=S)Nc1cccc(I)c1. The van der Waals surface area contributed by atoms with Crippen LogP contribution < -0.4 is 10.6 Å². The van der Waals surface area contributed by atoms with E-state index in [0.29, 0.717) is 5.11 Å². The lowest BCUT2D eigenvalue weighted by Gasteiger charge is -2.22. The van der Waals surface area contributed by atoms with Gasteiger partial charge in [-0.2, -0.15) is 0 Å². The lowest BCUT2D eigenvalue weighted by molar-refractivity contribution is 0.561. The van der Waals surface area contributed by atoms with E-state index in [1.165, 1.54) is 3.57 Å². The van der Waals surface area contributed by atoms with Gasteiger partial charge in [0.25, 0.3) is 0 Å². The van der Waals surface area contributed by atoms with Gasteiger partial charge in [-0.1, -0.05) is 25.6 Å². The van der Waals surface area contributed by atoms with Gasteiger partial charge >= 0.3 is 0 Å². The third-order valence-electron chi connectivity index (χ3n) is 3.19. The highest BCUT2D eigenvalue weighted by Crippen LogP contribution is 2.16. The Kier molecular flexibility index (Phi) is 6.38. The fourth-order valence-electron chi connectivity index (χ4n) is 2.04. The van der Waals surface area contributed by atoms with Crippen molar-refractivity contribution in [2.24, 2.45) is 4.99 Å². The summed E-state index contributed by atoms with van der Waals surface area (Å²) in [5, 5.41) is 7.10. The van der Waals surface area contributed by atoms with Crippen molar-refractivity contribution in [3.63, 3.8) is 0 Å². The Morgan fingerprint density at radius 3 is 3.09 bits per heavy atom. The second kappa shape index (κ2) is 8.28. The first-order chi connectivity index (χ1) is 10.6. The van der Waals surface area contributed by atoms with Gasteiger partial charge in [-0.3, -0.25) is 4.90 Å². The average Bonchev–Trinajstić information content (AvgIpc) is 2.91. The predicted octanol–water partition coefficient (Wildman–Crippen LogP) is 3.73. The van der Waals surface area contributed by atoms with Crippen LogP contribution in [0.25, 0.3) is 0 Å². The van der Waals surface area contributed by atoms with Crippen LogP contribution in [0.5, 0.6) is 0 Å². The normalized spacial score (nSPS) is 17.5. The van der Waals surface area contributed by atoms with Crippen molar-refractivity contribution in [1.82, 2.24) is 10.2 Å². The molecule has 116 valence electrons. The van der Waals surface area contributed by atoms with Crippen LogP contribution in [-0.2, 0) is 0 Å². The van der Waals surface area contributed by atoms with Crippen LogP contribution >= 0.6 is 34.8 Å². The highest BCUT2D eigenvalue weighted by molar-refractivity contribution is 14.1. The number of nitrogens with zero attached hydrogens (tertiary/aromatic N) is 2. The molecular formula is C16H19IN4S. The predicted molar refractivity (Wildman–Crippen MR) is 106 cm³/mol. The number of hydrogen-bond donors (Lipinski definition) is 2. The zero-order chi connectivity index (χ0) is 15.9. The van der Waals surface area contributed by atoms with E-state index in [2.05, 4.69) is 57.8 Å². The lowest BCUT2D eigenvalue weighted by atomic mass is 10.2. The van der Waals surface area contributed by atoms with E-state index in [0.717, 1.165) is 24.6 Å². The second-order valence-electron chi connectivity index (χ2n) is 4.81. The molecule has 1 aromatic carbocycles. The second-order valence-corrected chi connectivity index (χ2v) is 6.44. The molecule has 0 saturated carbocycles. The van der Waals surface area contributed by atoms with E-state index in [4.69, 9.17) is 12.2 Å². The number of thiocarbonyl (C=S) groups is 1. The van der Waals surface area contributed by atoms with E-state index in [9.17, 15) is 0 Å². The number of hydrogen-bond acceptors (Lipinski definition) is 3. The summed E-state index contributed by atoms with van der Waals surface area (Å²) in [4.78, 5) is 6.65. The zero-order valence-corrected chi connectivity index (χ0v) is 15.4. The quantitative estimate of drug-likeness (QED) is 0.438. The number of allylic oxidation sites excluding steroid dienone is 2. The average molecular weight is 426 g/mol. The first kappa shape index (κ1) is 17.0. The summed E-state index contributed by atoms with van der Waals surface area (Å²) in [6, 6.07) is 8.37. The van der Waals surface area contributed by atoms with E-state index < -0.39 is 0 Å². The topological polar surface area (TPSA) is 39.7 Å². The Morgan fingerprint density at radius 1 is 1.59 bits per heavy atom. The van der Waals surface area contributed by atoms with Crippen molar-refractivity contribution in [3.8, 4) is 0 Å². The largest absolute Gasteiger partial charge is 0.332 e. The molecule has 1 unspecified atom stereocenters. The van der Waals surface area contributed by atoms with Crippen molar-refractivity contribution in [2.75, 3.05) is 11.9 Å². The maximum absolute atomic E-state index is 5.54. The Hall–Kier alpha value is -1.41. The molecule has 0 radical (unpaired) electrons. The van der Waals surface area contributed by atoms with Crippen molar-refractivity contribution >= 4 is 51.6 Å². The number of anilines is 1. The minimum Gasteiger partial charge on any atom is -0.332 e. The minimum atomic E-state index is 0.260. The summed E-state index contributed by atoms with van der Waals surface area (Å²) in [5.74, 6) is 0.771. The fourth-order valence-corrected chi connectivity index (χ4v) is 2.87. The van der Waals surface area contributed by atoms with Gasteiger partial charge in [-0.05, 0) is 65.5 Å². The highest BCUT2D eigenvalue weighted by Gasteiger charge is 2.26. The summed E-state index contributed by atoms with van der Waals surface area (Å²) in [5.41, 5.74) is 0.984. The Morgan fingerprint density at radius 2 is 2.41 bits per heavy atom. The number of benzene rings is 1. The number of aliphatic imine (C=N–C) groups is 1. The van der Waals surface area contributed by atoms with Crippen LogP contribution in [0.1, 0.15) is 13.3 Å². The van der Waals surface area contributed by atoms with Crippen LogP contribution in [0, 0.1) is 3.57 Å². The smallest absolute Gasteiger partial charge is 0.204 e. The Balaban J connectivity index is 2.08. The van der Waals surface area contributed by atoms with Gasteiger partial charge in [-0.25, -0.2) is 4.99 Å². The van der Waals surface area contributed by atoms with Gasteiger partial charge in [0, 0.05) is 15.5 Å². The molecule has 0 spiro atoms. The molecule has 0 aromatic heterocycles. The van der Waals surface area contributed by atoms with Gasteiger partial charge < -0.3 is 10.6 Å². The van der Waals surface area contributed by atoms with Gasteiger partial charge in [0.2, 0.25) is 5.96 Å².